The summed E-state index contributed by atoms with van der Waals surface area (Å²) in [6, 6.07) is 3.90. The standard InChI is InChI=1S/C14H20ClN3O3/c1-4-17(9-14(2,3)8-16)13(19)10-5-11(15)7-12(6-10)18(20)21/h5-7H,4,8-9,16H2,1-3H3. The molecule has 0 aliphatic carbocycles. The summed E-state index contributed by atoms with van der Waals surface area (Å²) in [5, 5.41) is 11.0. The zero-order chi connectivity index (χ0) is 16.2. The van der Waals surface area contributed by atoms with E-state index < -0.39 is 4.92 Å². The van der Waals surface area contributed by atoms with E-state index in [1.54, 1.807) is 4.90 Å². The van der Waals surface area contributed by atoms with Gasteiger partial charge in [0.05, 0.1) is 4.92 Å². The Morgan fingerprint density at radius 1 is 1.43 bits per heavy atom. The van der Waals surface area contributed by atoms with Crippen LogP contribution in [0.2, 0.25) is 5.02 Å². The lowest BCUT2D eigenvalue weighted by atomic mass is 9.93. The average Bonchev–Trinajstić information content (AvgIpc) is 2.43. The summed E-state index contributed by atoms with van der Waals surface area (Å²) in [7, 11) is 0. The number of nitro benzene ring substituents is 1. The second-order valence-electron chi connectivity index (χ2n) is 5.64. The Morgan fingerprint density at radius 3 is 2.52 bits per heavy atom. The predicted molar refractivity (Wildman–Crippen MR) is 82.5 cm³/mol. The van der Waals surface area contributed by atoms with Gasteiger partial charge in [0.2, 0.25) is 0 Å². The maximum Gasteiger partial charge on any atom is 0.271 e. The third kappa shape index (κ3) is 4.68. The monoisotopic (exact) mass is 313 g/mol. The predicted octanol–water partition coefficient (Wildman–Crippen LogP) is 2.70. The summed E-state index contributed by atoms with van der Waals surface area (Å²) in [4.78, 5) is 24.4. The zero-order valence-corrected chi connectivity index (χ0v) is 13.2. The number of halogens is 1. The van der Waals surface area contributed by atoms with Crippen LogP contribution < -0.4 is 5.73 Å². The molecule has 7 heteroatoms. The normalized spacial score (nSPS) is 11.3. The lowest BCUT2D eigenvalue weighted by Gasteiger charge is -2.31. The molecule has 21 heavy (non-hydrogen) atoms. The number of nitro groups is 1. The summed E-state index contributed by atoms with van der Waals surface area (Å²) in [6.45, 7) is 7.17. The first-order chi connectivity index (χ1) is 9.70. The van der Waals surface area contributed by atoms with E-state index in [1.807, 2.05) is 20.8 Å². The van der Waals surface area contributed by atoms with Crippen molar-refractivity contribution in [2.75, 3.05) is 19.6 Å². The molecule has 1 aromatic carbocycles. The first kappa shape index (κ1) is 17.4. The van der Waals surface area contributed by atoms with Crippen molar-refractivity contribution in [1.29, 1.82) is 0 Å². The molecule has 0 unspecified atom stereocenters. The molecule has 0 aromatic heterocycles. The molecule has 116 valence electrons. The Labute approximate surface area is 129 Å². The minimum Gasteiger partial charge on any atom is -0.338 e. The van der Waals surface area contributed by atoms with Gasteiger partial charge in [-0.1, -0.05) is 25.4 Å². The van der Waals surface area contributed by atoms with Gasteiger partial charge in [-0.15, -0.1) is 0 Å². The maximum atomic E-state index is 12.5. The van der Waals surface area contributed by atoms with Crippen LogP contribution in [0.5, 0.6) is 0 Å². The average molecular weight is 314 g/mol. The van der Waals surface area contributed by atoms with Crippen LogP contribution in [0.15, 0.2) is 18.2 Å². The molecule has 1 rings (SSSR count). The zero-order valence-electron chi connectivity index (χ0n) is 12.4. The van der Waals surface area contributed by atoms with Crippen LogP contribution >= 0.6 is 11.6 Å². The van der Waals surface area contributed by atoms with Crippen molar-refractivity contribution in [2.24, 2.45) is 11.1 Å². The van der Waals surface area contributed by atoms with Crippen molar-refractivity contribution in [2.45, 2.75) is 20.8 Å². The summed E-state index contributed by atoms with van der Waals surface area (Å²) >= 11 is 5.85. The topological polar surface area (TPSA) is 89.5 Å². The second-order valence-corrected chi connectivity index (χ2v) is 6.08. The van der Waals surface area contributed by atoms with Gasteiger partial charge in [-0.05, 0) is 24.9 Å². The van der Waals surface area contributed by atoms with Crippen molar-refractivity contribution in [3.63, 3.8) is 0 Å². The molecule has 1 aromatic rings. The molecule has 0 aliphatic heterocycles. The van der Waals surface area contributed by atoms with Gasteiger partial charge < -0.3 is 10.6 Å². The minimum absolute atomic E-state index is 0.168. The summed E-state index contributed by atoms with van der Waals surface area (Å²) in [6.07, 6.45) is 0. The number of amides is 1. The van der Waals surface area contributed by atoms with Gasteiger partial charge in [-0.25, -0.2) is 0 Å². The molecule has 0 saturated carbocycles. The highest BCUT2D eigenvalue weighted by molar-refractivity contribution is 6.31. The Kier molecular flexibility index (Phi) is 5.69. The number of nitrogens with two attached hydrogens (primary N) is 1. The number of hydrogen-bond acceptors (Lipinski definition) is 4. The van der Waals surface area contributed by atoms with E-state index in [2.05, 4.69) is 0 Å². The molecule has 0 saturated heterocycles. The van der Waals surface area contributed by atoms with Crippen LogP contribution in [0.1, 0.15) is 31.1 Å². The molecule has 0 aliphatic rings. The SMILES string of the molecule is CCN(CC(C)(C)CN)C(=O)c1cc(Cl)cc([N+](=O)[O-])c1. The smallest absolute Gasteiger partial charge is 0.271 e. The van der Waals surface area contributed by atoms with Gasteiger partial charge in [0.15, 0.2) is 0 Å². The first-order valence-corrected chi connectivity index (χ1v) is 7.02. The third-order valence-electron chi connectivity index (χ3n) is 3.18. The van der Waals surface area contributed by atoms with Crippen molar-refractivity contribution in [3.8, 4) is 0 Å². The Balaban J connectivity index is 3.08. The number of benzene rings is 1. The number of carbonyl (C=O) groups is 1. The van der Waals surface area contributed by atoms with Gasteiger partial charge in [0, 0.05) is 35.8 Å². The summed E-state index contributed by atoms with van der Waals surface area (Å²) in [5.41, 5.74) is 5.48. The van der Waals surface area contributed by atoms with Crippen molar-refractivity contribution < 1.29 is 9.72 Å². The Morgan fingerprint density at radius 2 is 2.05 bits per heavy atom. The van der Waals surface area contributed by atoms with Crippen LogP contribution in [0, 0.1) is 15.5 Å². The van der Waals surface area contributed by atoms with Gasteiger partial charge in [0.1, 0.15) is 0 Å². The molecular weight excluding hydrogens is 294 g/mol. The van der Waals surface area contributed by atoms with Crippen molar-refractivity contribution in [1.82, 2.24) is 4.90 Å². The molecule has 0 atom stereocenters. The van der Waals surface area contributed by atoms with Crippen molar-refractivity contribution in [3.05, 3.63) is 38.9 Å². The Bertz CT molecular complexity index is 546. The number of nitrogens with zero attached hydrogens (tertiary/aromatic N) is 2. The molecule has 0 fully saturated rings. The van der Waals surface area contributed by atoms with Gasteiger partial charge in [-0.3, -0.25) is 14.9 Å². The van der Waals surface area contributed by atoms with E-state index in [9.17, 15) is 14.9 Å². The van der Waals surface area contributed by atoms with E-state index in [-0.39, 0.29) is 27.6 Å². The van der Waals surface area contributed by atoms with E-state index in [0.717, 1.165) is 0 Å². The Hall–Kier alpha value is -1.66. The maximum absolute atomic E-state index is 12.5. The van der Waals surface area contributed by atoms with E-state index in [0.29, 0.717) is 19.6 Å². The van der Waals surface area contributed by atoms with Gasteiger partial charge in [-0.2, -0.15) is 0 Å². The lowest BCUT2D eigenvalue weighted by molar-refractivity contribution is -0.384. The highest BCUT2D eigenvalue weighted by Gasteiger charge is 2.24. The van der Waals surface area contributed by atoms with Crippen LogP contribution in [0.25, 0.3) is 0 Å². The van der Waals surface area contributed by atoms with Crippen LogP contribution in [-0.4, -0.2) is 35.4 Å². The number of rotatable bonds is 6. The fourth-order valence-corrected chi connectivity index (χ4v) is 2.12. The number of non-ortho nitro benzene ring substituents is 1. The van der Waals surface area contributed by atoms with E-state index >= 15 is 0 Å². The fraction of sp³-hybridized carbons (Fsp3) is 0.500. The molecular formula is C14H20ClN3O3. The molecule has 0 radical (unpaired) electrons. The molecule has 1 amide bonds. The fourth-order valence-electron chi connectivity index (χ4n) is 1.89. The molecule has 0 spiro atoms. The van der Waals surface area contributed by atoms with E-state index in [1.165, 1.54) is 18.2 Å². The highest BCUT2D eigenvalue weighted by atomic mass is 35.5. The molecule has 6 nitrogen and oxygen atoms in total. The number of carbonyl (C=O) groups excluding carboxylic acids is 1. The number of hydrogen-bond donors (Lipinski definition) is 1. The van der Waals surface area contributed by atoms with Crippen LogP contribution in [0.3, 0.4) is 0 Å². The quantitative estimate of drug-likeness (QED) is 0.646. The molecule has 0 heterocycles. The second kappa shape index (κ2) is 6.87. The van der Waals surface area contributed by atoms with Crippen LogP contribution in [-0.2, 0) is 0 Å². The van der Waals surface area contributed by atoms with Crippen molar-refractivity contribution >= 4 is 23.2 Å². The minimum atomic E-state index is -0.567. The molecule has 2 N–H and O–H groups in total. The lowest BCUT2D eigenvalue weighted by Crippen LogP contribution is -2.42. The third-order valence-corrected chi connectivity index (χ3v) is 3.40. The largest absolute Gasteiger partial charge is 0.338 e. The summed E-state index contributed by atoms with van der Waals surface area (Å²) < 4.78 is 0. The van der Waals surface area contributed by atoms with Gasteiger partial charge in [0.25, 0.3) is 11.6 Å². The summed E-state index contributed by atoms with van der Waals surface area (Å²) in [5.74, 6) is -0.287. The van der Waals surface area contributed by atoms with E-state index in [4.69, 9.17) is 17.3 Å². The molecule has 0 bridgehead atoms. The highest BCUT2D eigenvalue weighted by Crippen LogP contribution is 2.23. The van der Waals surface area contributed by atoms with Crippen LogP contribution in [0.4, 0.5) is 5.69 Å². The van der Waals surface area contributed by atoms with Gasteiger partial charge >= 0.3 is 0 Å². The first-order valence-electron chi connectivity index (χ1n) is 6.64.